The van der Waals surface area contributed by atoms with Crippen LogP contribution in [0.5, 0.6) is 0 Å². The molecule has 0 aliphatic rings. The van der Waals surface area contributed by atoms with Gasteiger partial charge in [-0.25, -0.2) is 8.42 Å². The van der Waals surface area contributed by atoms with Crippen molar-refractivity contribution in [3.63, 3.8) is 0 Å². The predicted octanol–water partition coefficient (Wildman–Crippen LogP) is -3.65. The van der Waals surface area contributed by atoms with Crippen LogP contribution in [0, 0.1) is 0 Å². The summed E-state index contributed by atoms with van der Waals surface area (Å²) in [6.07, 6.45) is 2.85. The van der Waals surface area contributed by atoms with E-state index in [1.165, 1.54) is 6.26 Å². The molecule has 0 saturated carbocycles. The Bertz CT molecular complexity index is 235. The fourth-order valence-corrected chi connectivity index (χ4v) is 1.54. The van der Waals surface area contributed by atoms with Gasteiger partial charge in [-0.1, -0.05) is 6.42 Å². The number of hydrogen-bond donors (Lipinski definition) is 0. The number of carboxylic acids is 1. The van der Waals surface area contributed by atoms with Crippen LogP contribution in [0.4, 0.5) is 0 Å². The summed E-state index contributed by atoms with van der Waals surface area (Å²) in [6.45, 7) is 0. The first kappa shape index (κ1) is 16.5. The van der Waals surface area contributed by atoms with Crippen molar-refractivity contribution in [3.8, 4) is 0 Å². The molecule has 0 heterocycles. The first-order valence-electron chi connectivity index (χ1n) is 3.79. The molecule has 72 valence electrons. The van der Waals surface area contributed by atoms with Gasteiger partial charge in [0.2, 0.25) is 0 Å². The number of unbranched alkanes of at least 4 members (excludes halogenated alkanes) is 2. The van der Waals surface area contributed by atoms with Crippen LogP contribution in [0.25, 0.3) is 0 Å². The summed E-state index contributed by atoms with van der Waals surface area (Å²) >= 11 is 0. The summed E-state index contributed by atoms with van der Waals surface area (Å²) in [5.74, 6) is -0.936. The Labute approximate surface area is 121 Å². The van der Waals surface area contributed by atoms with Crippen LogP contribution >= 0.6 is 0 Å². The van der Waals surface area contributed by atoms with Gasteiger partial charge in [-0.3, -0.25) is 0 Å². The number of rotatable bonds is 6. The van der Waals surface area contributed by atoms with Gasteiger partial charge >= 0.3 is 51.4 Å². The number of carbonyl (C=O) groups is 1. The molecule has 0 amide bonds. The van der Waals surface area contributed by atoms with Gasteiger partial charge in [0.05, 0.1) is 0 Å². The third kappa shape index (κ3) is 15.8. The number of carbonyl (C=O) groups excluding carboxylic acids is 1. The van der Waals surface area contributed by atoms with E-state index in [2.05, 4.69) is 0 Å². The number of hydrogen-bond acceptors (Lipinski definition) is 4. The molecule has 0 rings (SSSR count). The average molecular weight is 232 g/mol. The summed E-state index contributed by atoms with van der Waals surface area (Å²) in [5, 5.41) is 9.93. The number of sulfone groups is 1. The maximum atomic E-state index is 10.6. The third-order valence-corrected chi connectivity index (χ3v) is 2.43. The molecule has 0 bridgehead atoms. The van der Waals surface area contributed by atoms with Crippen LogP contribution in [-0.4, -0.2) is 26.4 Å². The van der Waals surface area contributed by atoms with E-state index in [0.29, 0.717) is 19.3 Å². The van der Waals surface area contributed by atoms with E-state index >= 15 is 0 Å². The SMILES string of the molecule is CS(=O)(=O)CCCCCC(=O)[O-].[K+]. The molecular weight excluding hydrogens is 219 g/mol. The van der Waals surface area contributed by atoms with Crippen molar-refractivity contribution in [2.45, 2.75) is 25.7 Å². The average Bonchev–Trinajstić information content (AvgIpc) is 1.83. The molecular formula is C7H13KO4S. The summed E-state index contributed by atoms with van der Waals surface area (Å²) in [4.78, 5) is 9.93. The molecule has 0 aliphatic carbocycles. The van der Waals surface area contributed by atoms with Gasteiger partial charge in [0.15, 0.2) is 0 Å². The maximum Gasteiger partial charge on any atom is 1.00 e. The molecule has 6 heteroatoms. The number of carboxylic acid groups (broad SMARTS) is 1. The molecule has 0 aliphatic heterocycles. The van der Waals surface area contributed by atoms with Crippen molar-refractivity contribution in [2.75, 3.05) is 12.0 Å². The molecule has 4 nitrogen and oxygen atoms in total. The molecule has 0 atom stereocenters. The van der Waals surface area contributed by atoms with Gasteiger partial charge in [0.1, 0.15) is 9.84 Å². The molecule has 0 unspecified atom stereocenters. The van der Waals surface area contributed by atoms with Gasteiger partial charge in [-0.05, 0) is 19.3 Å². The Hall–Kier alpha value is 1.06. The maximum absolute atomic E-state index is 10.6. The molecule has 0 N–H and O–H groups in total. The first-order chi connectivity index (χ1) is 5.42. The smallest absolute Gasteiger partial charge is 0.550 e. The van der Waals surface area contributed by atoms with E-state index in [4.69, 9.17) is 0 Å². The zero-order valence-electron chi connectivity index (χ0n) is 8.08. The van der Waals surface area contributed by atoms with Gasteiger partial charge in [0.25, 0.3) is 0 Å². The van der Waals surface area contributed by atoms with Crippen LogP contribution in [0.15, 0.2) is 0 Å². The summed E-state index contributed by atoms with van der Waals surface area (Å²) in [5.41, 5.74) is 0. The minimum atomic E-state index is -2.89. The Morgan fingerprint density at radius 3 is 2.15 bits per heavy atom. The minimum Gasteiger partial charge on any atom is -0.550 e. The van der Waals surface area contributed by atoms with Crippen molar-refractivity contribution < 1.29 is 69.7 Å². The van der Waals surface area contributed by atoms with Gasteiger partial charge < -0.3 is 9.90 Å². The standard InChI is InChI=1S/C7H14O4S.K/c1-12(10,11)6-4-2-3-5-7(8)9;/h2-6H2,1H3,(H,8,9);/q;+1/p-1. The minimum absolute atomic E-state index is 0. The second kappa shape index (κ2) is 8.37. The zero-order valence-corrected chi connectivity index (χ0v) is 12.0. The van der Waals surface area contributed by atoms with Crippen molar-refractivity contribution in [1.29, 1.82) is 0 Å². The van der Waals surface area contributed by atoms with Crippen molar-refractivity contribution in [1.82, 2.24) is 0 Å². The Kier molecular flexibility index (Phi) is 10.6. The first-order valence-corrected chi connectivity index (χ1v) is 5.85. The molecule has 0 fully saturated rings. The van der Waals surface area contributed by atoms with E-state index in [0.717, 1.165) is 0 Å². The second-order valence-electron chi connectivity index (χ2n) is 2.81. The van der Waals surface area contributed by atoms with Crippen molar-refractivity contribution in [2.24, 2.45) is 0 Å². The predicted molar refractivity (Wildman–Crippen MR) is 43.2 cm³/mol. The molecule has 13 heavy (non-hydrogen) atoms. The van der Waals surface area contributed by atoms with E-state index in [1.54, 1.807) is 0 Å². The molecule has 0 spiro atoms. The fourth-order valence-electron chi connectivity index (χ4n) is 0.810. The van der Waals surface area contributed by atoms with Crippen LogP contribution in [0.3, 0.4) is 0 Å². The van der Waals surface area contributed by atoms with Crippen molar-refractivity contribution >= 4 is 15.8 Å². The van der Waals surface area contributed by atoms with Crippen LogP contribution in [0.1, 0.15) is 25.7 Å². The molecule has 0 aromatic heterocycles. The van der Waals surface area contributed by atoms with Gasteiger partial charge in [0, 0.05) is 18.0 Å². The van der Waals surface area contributed by atoms with E-state index < -0.39 is 15.8 Å². The topological polar surface area (TPSA) is 74.3 Å². The molecule has 0 radical (unpaired) electrons. The monoisotopic (exact) mass is 232 g/mol. The van der Waals surface area contributed by atoms with Crippen molar-refractivity contribution in [3.05, 3.63) is 0 Å². The second-order valence-corrected chi connectivity index (χ2v) is 5.07. The van der Waals surface area contributed by atoms with E-state index in [9.17, 15) is 18.3 Å². The Morgan fingerprint density at radius 1 is 1.23 bits per heavy atom. The largest absolute Gasteiger partial charge is 1.00 e. The van der Waals surface area contributed by atoms with Crippen LogP contribution in [0.2, 0.25) is 0 Å². The van der Waals surface area contributed by atoms with E-state index in [-0.39, 0.29) is 63.6 Å². The zero-order chi connectivity index (χ0) is 9.61. The summed E-state index contributed by atoms with van der Waals surface area (Å²) in [6, 6.07) is 0. The quantitative estimate of drug-likeness (QED) is 0.349. The van der Waals surface area contributed by atoms with Gasteiger partial charge in [-0.15, -0.1) is 0 Å². The molecule has 0 aromatic carbocycles. The summed E-state index contributed by atoms with van der Waals surface area (Å²) in [7, 11) is -2.89. The van der Waals surface area contributed by atoms with E-state index in [1.807, 2.05) is 0 Å². The summed E-state index contributed by atoms with van der Waals surface area (Å²) < 4.78 is 21.2. The Balaban J connectivity index is 0. The normalized spacial score (nSPS) is 10.5. The Morgan fingerprint density at radius 2 is 1.77 bits per heavy atom. The number of aliphatic carboxylic acids is 1. The van der Waals surface area contributed by atoms with Crippen LogP contribution < -0.4 is 56.5 Å². The molecule has 0 aromatic rings. The molecule has 0 saturated heterocycles. The van der Waals surface area contributed by atoms with Crippen LogP contribution in [-0.2, 0) is 14.6 Å². The third-order valence-electron chi connectivity index (χ3n) is 1.40. The fraction of sp³-hybridized carbons (Fsp3) is 0.857. The van der Waals surface area contributed by atoms with Gasteiger partial charge in [-0.2, -0.15) is 0 Å².